The fraction of sp³-hybridized carbons (Fsp3) is 0.294. The third-order valence-electron chi connectivity index (χ3n) is 3.33. The number of ether oxygens (including phenoxy) is 2. The van der Waals surface area contributed by atoms with Crippen molar-refractivity contribution in [3.63, 3.8) is 0 Å². The fourth-order valence-electron chi connectivity index (χ4n) is 2.12. The van der Waals surface area contributed by atoms with Crippen molar-refractivity contribution in [1.82, 2.24) is 0 Å². The Morgan fingerprint density at radius 1 is 1.05 bits per heavy atom. The van der Waals surface area contributed by atoms with E-state index in [9.17, 15) is 0 Å². The molecule has 2 aromatic carbocycles. The molecule has 1 heterocycles. The van der Waals surface area contributed by atoms with E-state index in [1.54, 1.807) is 0 Å². The molecule has 1 saturated heterocycles. The Balaban J connectivity index is 1.84. The first-order valence-electron chi connectivity index (χ1n) is 6.67. The Morgan fingerprint density at radius 3 is 2.32 bits per heavy atom. The molecule has 1 fully saturated rings. The fourth-order valence-corrected chi connectivity index (χ4v) is 2.12. The van der Waals surface area contributed by atoms with Crippen LogP contribution in [0.1, 0.15) is 22.8 Å². The summed E-state index contributed by atoms with van der Waals surface area (Å²) in [5.41, 5.74) is 3.64. The molecular weight excluding hydrogens is 236 g/mol. The predicted octanol–water partition coefficient (Wildman–Crippen LogP) is 3.50. The van der Waals surface area contributed by atoms with Gasteiger partial charge in [0.05, 0.1) is 13.2 Å². The van der Waals surface area contributed by atoms with Crippen molar-refractivity contribution in [2.24, 2.45) is 0 Å². The second-order valence-corrected chi connectivity index (χ2v) is 4.99. The van der Waals surface area contributed by atoms with Gasteiger partial charge in [0.25, 0.3) is 0 Å². The smallest absolute Gasteiger partial charge is 0.108 e. The molecule has 0 spiro atoms. The van der Waals surface area contributed by atoms with Gasteiger partial charge in [-0.05, 0) is 18.1 Å². The largest absolute Gasteiger partial charge is 0.371 e. The zero-order chi connectivity index (χ0) is 13.1. The molecule has 1 aliphatic rings. The van der Waals surface area contributed by atoms with E-state index in [1.807, 2.05) is 18.2 Å². The quantitative estimate of drug-likeness (QED) is 0.762. The number of hydrogen-bond acceptors (Lipinski definition) is 2. The van der Waals surface area contributed by atoms with E-state index in [0.29, 0.717) is 6.61 Å². The zero-order valence-electron chi connectivity index (χ0n) is 11.1. The van der Waals surface area contributed by atoms with Crippen molar-refractivity contribution < 1.29 is 9.47 Å². The summed E-state index contributed by atoms with van der Waals surface area (Å²) in [6, 6.07) is 18.9. The molecule has 0 aromatic heterocycles. The Bertz CT molecular complexity index is 515. The molecule has 98 valence electrons. The number of epoxide rings is 1. The highest BCUT2D eigenvalue weighted by Crippen LogP contribution is 2.27. The molecule has 1 aliphatic heterocycles. The van der Waals surface area contributed by atoms with E-state index in [2.05, 4.69) is 43.3 Å². The van der Waals surface area contributed by atoms with Crippen molar-refractivity contribution in [2.75, 3.05) is 13.2 Å². The third kappa shape index (κ3) is 3.22. The predicted molar refractivity (Wildman–Crippen MR) is 75.2 cm³/mol. The molecule has 2 nitrogen and oxygen atoms in total. The lowest BCUT2D eigenvalue weighted by molar-refractivity contribution is 0.0672. The Hall–Kier alpha value is -1.64. The Labute approximate surface area is 114 Å². The molecule has 0 bridgehead atoms. The highest BCUT2D eigenvalue weighted by atomic mass is 16.6. The van der Waals surface area contributed by atoms with Crippen LogP contribution in [0.25, 0.3) is 0 Å². The summed E-state index contributed by atoms with van der Waals surface area (Å²) < 4.78 is 11.3. The number of rotatable bonds is 5. The maximum Gasteiger partial charge on any atom is 0.108 e. The highest BCUT2D eigenvalue weighted by Gasteiger charge is 2.25. The molecule has 0 amide bonds. The van der Waals surface area contributed by atoms with E-state index in [4.69, 9.17) is 9.47 Å². The normalized spacial score (nSPS) is 19.1. The Kier molecular flexibility index (Phi) is 3.62. The molecular formula is C17H18O2. The number of hydrogen-bond donors (Lipinski definition) is 0. The van der Waals surface area contributed by atoms with Crippen molar-refractivity contribution in [3.05, 3.63) is 71.3 Å². The molecule has 0 aliphatic carbocycles. The standard InChI is InChI=1S/C17H18O2/c1-13-7-9-15(10-8-13)17(19-12-16-11-18-16)14-5-3-2-4-6-14/h2-10,16-17H,11-12H2,1H3/t16-,17+/m0/s1. The molecule has 2 aromatic rings. The van der Waals surface area contributed by atoms with Crippen molar-refractivity contribution in [2.45, 2.75) is 19.1 Å². The SMILES string of the molecule is Cc1ccc([C@H](OC[C@@H]2CO2)c2ccccc2)cc1. The molecule has 0 N–H and O–H groups in total. The molecule has 0 saturated carbocycles. The summed E-state index contributed by atoms with van der Waals surface area (Å²) in [7, 11) is 0. The molecule has 0 radical (unpaired) electrons. The van der Waals surface area contributed by atoms with Crippen LogP contribution in [-0.4, -0.2) is 19.3 Å². The van der Waals surface area contributed by atoms with Crippen LogP contribution in [0.3, 0.4) is 0 Å². The average Bonchev–Trinajstić information content (AvgIpc) is 3.26. The summed E-state index contributed by atoms with van der Waals surface area (Å²) in [5.74, 6) is 0. The van der Waals surface area contributed by atoms with Crippen LogP contribution in [0.4, 0.5) is 0 Å². The van der Waals surface area contributed by atoms with Gasteiger partial charge in [0.1, 0.15) is 12.2 Å². The zero-order valence-corrected chi connectivity index (χ0v) is 11.1. The van der Waals surface area contributed by atoms with Crippen LogP contribution < -0.4 is 0 Å². The van der Waals surface area contributed by atoms with Crippen LogP contribution in [0.15, 0.2) is 54.6 Å². The van der Waals surface area contributed by atoms with E-state index in [-0.39, 0.29) is 12.2 Å². The highest BCUT2D eigenvalue weighted by molar-refractivity contribution is 5.31. The maximum absolute atomic E-state index is 6.05. The van der Waals surface area contributed by atoms with E-state index >= 15 is 0 Å². The monoisotopic (exact) mass is 254 g/mol. The number of benzene rings is 2. The van der Waals surface area contributed by atoms with Gasteiger partial charge >= 0.3 is 0 Å². The van der Waals surface area contributed by atoms with Crippen LogP contribution in [0, 0.1) is 6.92 Å². The molecule has 2 atom stereocenters. The van der Waals surface area contributed by atoms with Gasteiger partial charge in [0.2, 0.25) is 0 Å². The van der Waals surface area contributed by atoms with Gasteiger partial charge in [-0.2, -0.15) is 0 Å². The first kappa shape index (κ1) is 12.4. The van der Waals surface area contributed by atoms with Gasteiger partial charge in [0, 0.05) is 0 Å². The first-order valence-corrected chi connectivity index (χ1v) is 6.67. The lowest BCUT2D eigenvalue weighted by Gasteiger charge is -2.18. The molecule has 2 heteroatoms. The van der Waals surface area contributed by atoms with Crippen LogP contribution in [0.2, 0.25) is 0 Å². The van der Waals surface area contributed by atoms with Crippen LogP contribution >= 0.6 is 0 Å². The summed E-state index contributed by atoms with van der Waals surface area (Å²) >= 11 is 0. The molecule has 3 rings (SSSR count). The van der Waals surface area contributed by atoms with Crippen molar-refractivity contribution in [1.29, 1.82) is 0 Å². The third-order valence-corrected chi connectivity index (χ3v) is 3.33. The summed E-state index contributed by atoms with van der Waals surface area (Å²) in [6.45, 7) is 3.59. The Morgan fingerprint density at radius 2 is 1.68 bits per heavy atom. The van der Waals surface area contributed by atoms with E-state index < -0.39 is 0 Å². The molecule has 19 heavy (non-hydrogen) atoms. The number of aryl methyl sites for hydroxylation is 1. The second kappa shape index (κ2) is 5.55. The lowest BCUT2D eigenvalue weighted by Crippen LogP contribution is -2.10. The van der Waals surface area contributed by atoms with E-state index in [0.717, 1.165) is 6.61 Å². The van der Waals surface area contributed by atoms with Gasteiger partial charge in [-0.15, -0.1) is 0 Å². The minimum absolute atomic E-state index is 0.00833. The van der Waals surface area contributed by atoms with Gasteiger partial charge in [-0.25, -0.2) is 0 Å². The van der Waals surface area contributed by atoms with Gasteiger partial charge in [-0.3, -0.25) is 0 Å². The molecule has 0 unspecified atom stereocenters. The van der Waals surface area contributed by atoms with Crippen molar-refractivity contribution >= 4 is 0 Å². The summed E-state index contributed by atoms with van der Waals surface area (Å²) in [6.07, 6.45) is 0.280. The average molecular weight is 254 g/mol. The van der Waals surface area contributed by atoms with Crippen LogP contribution in [0.5, 0.6) is 0 Å². The second-order valence-electron chi connectivity index (χ2n) is 4.99. The maximum atomic E-state index is 6.05. The minimum atomic E-state index is -0.00833. The lowest BCUT2D eigenvalue weighted by atomic mass is 10.0. The topological polar surface area (TPSA) is 21.8 Å². The van der Waals surface area contributed by atoms with E-state index in [1.165, 1.54) is 16.7 Å². The van der Waals surface area contributed by atoms with Crippen molar-refractivity contribution in [3.8, 4) is 0 Å². The van der Waals surface area contributed by atoms with Gasteiger partial charge < -0.3 is 9.47 Å². The summed E-state index contributed by atoms with van der Waals surface area (Å²) in [5, 5.41) is 0. The van der Waals surface area contributed by atoms with Crippen LogP contribution in [-0.2, 0) is 9.47 Å². The van der Waals surface area contributed by atoms with Gasteiger partial charge in [0.15, 0.2) is 0 Å². The summed E-state index contributed by atoms with van der Waals surface area (Å²) in [4.78, 5) is 0. The first-order chi connectivity index (χ1) is 9.33. The minimum Gasteiger partial charge on any atom is -0.371 e. The van der Waals surface area contributed by atoms with Gasteiger partial charge in [-0.1, -0.05) is 60.2 Å².